The number of carbonyl (C=O) groups is 2. The molecule has 5 nitrogen and oxygen atoms in total. The first-order valence-electron chi connectivity index (χ1n) is 7.61. The summed E-state index contributed by atoms with van der Waals surface area (Å²) in [5.74, 6) is -0.581. The van der Waals surface area contributed by atoms with Gasteiger partial charge in [-0.1, -0.05) is 18.2 Å². The summed E-state index contributed by atoms with van der Waals surface area (Å²) in [7, 11) is 1.69. The molecule has 0 aliphatic heterocycles. The predicted octanol–water partition coefficient (Wildman–Crippen LogP) is 3.15. The van der Waals surface area contributed by atoms with Gasteiger partial charge in [0.2, 0.25) is 5.91 Å². The van der Waals surface area contributed by atoms with Crippen LogP contribution in [0.2, 0.25) is 0 Å². The maximum atomic E-state index is 12.7. The van der Waals surface area contributed by atoms with Gasteiger partial charge in [-0.15, -0.1) is 11.3 Å². The number of nitrogens with one attached hydrogen (secondary N) is 1. The van der Waals surface area contributed by atoms with Crippen molar-refractivity contribution in [3.05, 3.63) is 52.0 Å². The van der Waals surface area contributed by atoms with Gasteiger partial charge in [0.05, 0.1) is 12.0 Å². The number of primary amides is 1. The van der Waals surface area contributed by atoms with Crippen LogP contribution >= 0.6 is 11.3 Å². The smallest absolute Gasteiger partial charge is 0.251 e. The number of aromatic amines is 1. The van der Waals surface area contributed by atoms with Crippen molar-refractivity contribution in [1.29, 1.82) is 0 Å². The molecule has 6 heteroatoms. The number of carbonyl (C=O) groups excluding carboxylic acids is 2. The lowest BCUT2D eigenvalue weighted by Crippen LogP contribution is -2.29. The average Bonchev–Trinajstić information content (AvgIpc) is 3.09. The Hall–Kier alpha value is -2.60. The predicted molar refractivity (Wildman–Crippen MR) is 97.7 cm³/mol. The molecule has 0 saturated heterocycles. The van der Waals surface area contributed by atoms with Crippen LogP contribution in [-0.2, 0) is 11.2 Å². The van der Waals surface area contributed by atoms with Crippen molar-refractivity contribution in [3.63, 3.8) is 0 Å². The van der Waals surface area contributed by atoms with Gasteiger partial charge in [-0.2, -0.15) is 0 Å². The SMILES string of the molecule is Cc1sc(N(C)C(=O)Cc2c[nH]c3ccccc23)c(C(N)=O)c1C. The lowest BCUT2D eigenvalue weighted by molar-refractivity contribution is -0.117. The first-order valence-corrected chi connectivity index (χ1v) is 8.43. The van der Waals surface area contributed by atoms with E-state index < -0.39 is 5.91 Å². The van der Waals surface area contributed by atoms with Crippen molar-refractivity contribution in [2.45, 2.75) is 20.3 Å². The molecule has 3 N–H and O–H groups in total. The van der Waals surface area contributed by atoms with Crippen LogP contribution in [0.3, 0.4) is 0 Å². The molecule has 0 aliphatic rings. The standard InChI is InChI=1S/C18H19N3O2S/c1-10-11(2)24-18(16(10)17(19)23)21(3)15(22)8-12-9-20-14-7-5-4-6-13(12)14/h4-7,9,20H,8H2,1-3H3,(H2,19,23). The number of nitrogens with zero attached hydrogens (tertiary/aromatic N) is 1. The molecular formula is C18H19N3O2S. The summed E-state index contributed by atoms with van der Waals surface area (Å²) >= 11 is 1.42. The minimum Gasteiger partial charge on any atom is -0.365 e. The molecule has 0 aliphatic carbocycles. The third-order valence-corrected chi connectivity index (χ3v) is 5.59. The van der Waals surface area contributed by atoms with E-state index in [1.807, 2.05) is 44.3 Å². The second-order valence-electron chi connectivity index (χ2n) is 5.82. The van der Waals surface area contributed by atoms with Gasteiger partial charge in [-0.25, -0.2) is 0 Å². The van der Waals surface area contributed by atoms with Gasteiger partial charge in [-0.05, 0) is 31.0 Å². The van der Waals surface area contributed by atoms with E-state index in [1.54, 1.807) is 7.05 Å². The molecule has 24 heavy (non-hydrogen) atoms. The molecule has 124 valence electrons. The number of amides is 2. The third kappa shape index (κ3) is 2.69. The molecule has 0 bridgehead atoms. The number of benzene rings is 1. The zero-order valence-electron chi connectivity index (χ0n) is 13.8. The van der Waals surface area contributed by atoms with Gasteiger partial charge in [-0.3, -0.25) is 9.59 Å². The second kappa shape index (κ2) is 6.13. The number of aryl methyl sites for hydroxylation is 1. The fraction of sp³-hybridized carbons (Fsp3) is 0.222. The summed E-state index contributed by atoms with van der Waals surface area (Å²) in [5.41, 5.74) is 8.72. The molecule has 0 radical (unpaired) electrons. The zero-order chi connectivity index (χ0) is 17.4. The van der Waals surface area contributed by atoms with Crippen molar-refractivity contribution in [2.24, 2.45) is 5.73 Å². The van der Waals surface area contributed by atoms with E-state index in [0.717, 1.165) is 26.9 Å². The number of hydrogen-bond donors (Lipinski definition) is 2. The zero-order valence-corrected chi connectivity index (χ0v) is 14.7. The first-order chi connectivity index (χ1) is 11.4. The van der Waals surface area contributed by atoms with Crippen LogP contribution in [0.15, 0.2) is 30.5 Å². The van der Waals surface area contributed by atoms with Crippen LogP contribution in [-0.4, -0.2) is 23.8 Å². The summed E-state index contributed by atoms with van der Waals surface area (Å²) in [5, 5.41) is 1.65. The summed E-state index contributed by atoms with van der Waals surface area (Å²) in [6.07, 6.45) is 2.12. The van der Waals surface area contributed by atoms with Gasteiger partial charge in [0.1, 0.15) is 5.00 Å². The highest BCUT2D eigenvalue weighted by atomic mass is 32.1. The monoisotopic (exact) mass is 341 g/mol. The summed E-state index contributed by atoms with van der Waals surface area (Å²) in [6.45, 7) is 3.78. The summed E-state index contributed by atoms with van der Waals surface area (Å²) in [6, 6.07) is 7.87. The number of hydrogen-bond acceptors (Lipinski definition) is 3. The normalized spacial score (nSPS) is 11.0. The second-order valence-corrected chi connectivity index (χ2v) is 7.02. The molecule has 3 rings (SSSR count). The van der Waals surface area contributed by atoms with Gasteiger partial charge >= 0.3 is 0 Å². The number of aromatic nitrogens is 1. The Morgan fingerprint density at radius 3 is 2.67 bits per heavy atom. The highest BCUT2D eigenvalue weighted by Gasteiger charge is 2.24. The van der Waals surface area contributed by atoms with Crippen LogP contribution in [0.5, 0.6) is 0 Å². The van der Waals surface area contributed by atoms with Crippen LogP contribution in [0.4, 0.5) is 5.00 Å². The van der Waals surface area contributed by atoms with Crippen molar-refractivity contribution < 1.29 is 9.59 Å². The molecule has 0 atom stereocenters. The lowest BCUT2D eigenvalue weighted by Gasteiger charge is -2.16. The van der Waals surface area contributed by atoms with Crippen LogP contribution in [0, 0.1) is 13.8 Å². The Balaban J connectivity index is 1.91. The highest BCUT2D eigenvalue weighted by molar-refractivity contribution is 7.16. The highest BCUT2D eigenvalue weighted by Crippen LogP contribution is 2.35. The summed E-state index contributed by atoms with van der Waals surface area (Å²) in [4.78, 5) is 30.2. The molecule has 0 unspecified atom stereocenters. The number of H-pyrrole nitrogens is 1. The van der Waals surface area contributed by atoms with E-state index in [-0.39, 0.29) is 12.3 Å². The number of likely N-dealkylation sites (N-methyl/N-ethyl adjacent to an activating group) is 1. The Morgan fingerprint density at radius 2 is 1.96 bits per heavy atom. The van der Waals surface area contributed by atoms with Crippen LogP contribution in [0.1, 0.15) is 26.4 Å². The van der Waals surface area contributed by atoms with Gasteiger partial charge in [0.25, 0.3) is 5.91 Å². The molecule has 0 fully saturated rings. The number of nitrogens with two attached hydrogens (primary N) is 1. The topological polar surface area (TPSA) is 79.2 Å². The fourth-order valence-electron chi connectivity index (χ4n) is 2.81. The number of rotatable bonds is 4. The van der Waals surface area contributed by atoms with E-state index in [2.05, 4.69) is 4.98 Å². The molecule has 1 aromatic carbocycles. The molecule has 0 saturated carbocycles. The average molecular weight is 341 g/mol. The quantitative estimate of drug-likeness (QED) is 0.764. The van der Waals surface area contributed by atoms with Crippen molar-refractivity contribution in [2.75, 3.05) is 11.9 Å². The van der Waals surface area contributed by atoms with Crippen molar-refractivity contribution in [3.8, 4) is 0 Å². The van der Waals surface area contributed by atoms with Gasteiger partial charge < -0.3 is 15.6 Å². The number of para-hydroxylation sites is 1. The van der Waals surface area contributed by atoms with Crippen LogP contribution in [0.25, 0.3) is 10.9 Å². The third-order valence-electron chi connectivity index (χ3n) is 4.31. The minimum atomic E-state index is -0.501. The Kier molecular flexibility index (Phi) is 4.15. The molecular weight excluding hydrogens is 322 g/mol. The number of anilines is 1. The van der Waals surface area contributed by atoms with E-state index >= 15 is 0 Å². The Labute approximate surface area is 144 Å². The maximum Gasteiger partial charge on any atom is 0.251 e. The van der Waals surface area contributed by atoms with Crippen molar-refractivity contribution >= 4 is 39.1 Å². The number of thiophene rings is 1. The summed E-state index contributed by atoms with van der Waals surface area (Å²) < 4.78 is 0. The van der Waals surface area contributed by atoms with Crippen LogP contribution < -0.4 is 10.6 Å². The van der Waals surface area contributed by atoms with Gasteiger partial charge in [0, 0.05) is 29.0 Å². The fourth-order valence-corrected chi connectivity index (χ4v) is 3.95. The molecule has 3 aromatic rings. The first kappa shape index (κ1) is 16.3. The van der Waals surface area contributed by atoms with E-state index in [9.17, 15) is 9.59 Å². The molecule has 0 spiro atoms. The minimum absolute atomic E-state index is 0.0801. The largest absolute Gasteiger partial charge is 0.365 e. The molecule has 2 amide bonds. The van der Waals surface area contributed by atoms with E-state index in [4.69, 9.17) is 5.73 Å². The lowest BCUT2D eigenvalue weighted by atomic mass is 10.1. The molecule has 2 heterocycles. The van der Waals surface area contributed by atoms with Gasteiger partial charge in [0.15, 0.2) is 0 Å². The van der Waals surface area contributed by atoms with E-state index in [1.165, 1.54) is 16.2 Å². The van der Waals surface area contributed by atoms with Crippen molar-refractivity contribution in [1.82, 2.24) is 4.98 Å². The molecule has 2 aromatic heterocycles. The van der Waals surface area contributed by atoms with E-state index in [0.29, 0.717) is 10.6 Å². The maximum absolute atomic E-state index is 12.7. The number of fused-ring (bicyclic) bond motifs is 1. The Morgan fingerprint density at radius 1 is 1.25 bits per heavy atom. The Bertz CT molecular complexity index is 939.